The average Bonchev–Trinajstić information content (AvgIpc) is 2.85. The van der Waals surface area contributed by atoms with Crippen molar-refractivity contribution in [2.45, 2.75) is 32.2 Å². The topological polar surface area (TPSA) is 53.5 Å². The zero-order valence-electron chi connectivity index (χ0n) is 11.0. The molecule has 2 amide bonds. The molecule has 0 aliphatic carbocycles. The lowest BCUT2D eigenvalue weighted by atomic mass is 10.2. The van der Waals surface area contributed by atoms with Gasteiger partial charge in [-0.2, -0.15) is 0 Å². The number of hydrogen-bond acceptors (Lipinski definition) is 3. The van der Waals surface area contributed by atoms with E-state index in [1.807, 2.05) is 19.1 Å². The first-order chi connectivity index (χ1) is 9.16. The number of nitrogens with zero attached hydrogens (tertiary/aromatic N) is 3. The van der Waals surface area contributed by atoms with Gasteiger partial charge in [0.05, 0.1) is 11.9 Å². The molecule has 1 aromatic heterocycles. The fourth-order valence-electron chi connectivity index (χ4n) is 2.84. The molecule has 2 saturated heterocycles. The summed E-state index contributed by atoms with van der Waals surface area (Å²) in [5, 5.41) is 0. The van der Waals surface area contributed by atoms with Crippen molar-refractivity contribution in [3.63, 3.8) is 0 Å². The highest BCUT2D eigenvalue weighted by atomic mass is 16.2. The highest BCUT2D eigenvalue weighted by Crippen LogP contribution is 2.26. The molecular formula is C14H17N3O2. The monoisotopic (exact) mass is 259 g/mol. The molecule has 0 saturated carbocycles. The quantitative estimate of drug-likeness (QED) is 0.759. The molecule has 0 radical (unpaired) electrons. The normalized spacial score (nSPS) is 23.5. The van der Waals surface area contributed by atoms with Crippen molar-refractivity contribution in [2.75, 3.05) is 18.0 Å². The number of rotatable bonds is 1. The van der Waals surface area contributed by atoms with Crippen molar-refractivity contribution < 1.29 is 9.59 Å². The number of amides is 2. The molecule has 5 nitrogen and oxygen atoms in total. The fraction of sp³-hybridized carbons (Fsp3) is 0.500. The van der Waals surface area contributed by atoms with E-state index in [2.05, 4.69) is 4.98 Å². The zero-order valence-corrected chi connectivity index (χ0v) is 11.0. The molecule has 0 bridgehead atoms. The lowest BCUT2D eigenvalue weighted by molar-refractivity contribution is -0.135. The Morgan fingerprint density at radius 3 is 2.84 bits per heavy atom. The Labute approximate surface area is 112 Å². The molecule has 1 unspecified atom stereocenters. The molecular weight excluding hydrogens is 242 g/mol. The van der Waals surface area contributed by atoms with Crippen LogP contribution in [0.2, 0.25) is 0 Å². The third-order valence-corrected chi connectivity index (χ3v) is 3.88. The summed E-state index contributed by atoms with van der Waals surface area (Å²) in [6, 6.07) is 3.52. The van der Waals surface area contributed by atoms with E-state index in [0.717, 1.165) is 30.8 Å². The summed E-state index contributed by atoms with van der Waals surface area (Å²) in [6.45, 7) is 3.08. The minimum atomic E-state index is -0.267. The Morgan fingerprint density at radius 2 is 2.11 bits per heavy atom. The number of aromatic nitrogens is 1. The molecule has 5 heteroatoms. The van der Waals surface area contributed by atoms with E-state index in [-0.39, 0.29) is 17.9 Å². The molecule has 2 fully saturated rings. The van der Waals surface area contributed by atoms with Gasteiger partial charge in [0.25, 0.3) is 0 Å². The molecule has 2 aliphatic heterocycles. The second-order valence-corrected chi connectivity index (χ2v) is 5.14. The molecule has 0 aromatic carbocycles. The van der Waals surface area contributed by atoms with Crippen molar-refractivity contribution in [2.24, 2.45) is 0 Å². The number of aryl methyl sites for hydroxylation is 1. The van der Waals surface area contributed by atoms with Crippen molar-refractivity contribution in [1.29, 1.82) is 0 Å². The van der Waals surface area contributed by atoms with Gasteiger partial charge in [0.2, 0.25) is 11.8 Å². The largest absolute Gasteiger partial charge is 0.331 e. The number of carbonyl (C=O) groups excluding carboxylic acids is 2. The van der Waals surface area contributed by atoms with Crippen LogP contribution in [0.4, 0.5) is 5.69 Å². The van der Waals surface area contributed by atoms with E-state index in [4.69, 9.17) is 0 Å². The second kappa shape index (κ2) is 4.64. The number of fused-ring (bicyclic) bond motifs is 1. The van der Waals surface area contributed by atoms with Crippen LogP contribution in [-0.2, 0) is 9.59 Å². The van der Waals surface area contributed by atoms with Gasteiger partial charge in [-0.15, -0.1) is 0 Å². The van der Waals surface area contributed by atoms with Gasteiger partial charge >= 0.3 is 0 Å². The predicted octanol–water partition coefficient (Wildman–Crippen LogP) is 1.12. The van der Waals surface area contributed by atoms with Crippen LogP contribution in [-0.4, -0.2) is 40.8 Å². The summed E-state index contributed by atoms with van der Waals surface area (Å²) in [5.41, 5.74) is 1.71. The molecule has 2 aliphatic rings. The van der Waals surface area contributed by atoms with Crippen molar-refractivity contribution in [1.82, 2.24) is 9.88 Å². The van der Waals surface area contributed by atoms with E-state index < -0.39 is 0 Å². The Bertz CT molecular complexity index is 512. The standard InChI is InChI=1S/C14H17N3O2/c1-10-4-5-11(9-15-10)16-8-6-13(18)17-7-2-3-12(17)14(16)19/h4-5,9,12H,2-3,6-8H2,1H3. The first kappa shape index (κ1) is 12.1. The van der Waals surface area contributed by atoms with Gasteiger partial charge in [0, 0.05) is 25.2 Å². The van der Waals surface area contributed by atoms with E-state index in [9.17, 15) is 9.59 Å². The summed E-state index contributed by atoms with van der Waals surface area (Å²) < 4.78 is 0. The summed E-state index contributed by atoms with van der Waals surface area (Å²) in [5.74, 6) is 0.132. The van der Waals surface area contributed by atoms with Crippen LogP contribution in [0.3, 0.4) is 0 Å². The number of anilines is 1. The summed E-state index contributed by atoms with van der Waals surface area (Å²) in [4.78, 5) is 32.2. The van der Waals surface area contributed by atoms with Gasteiger partial charge in [0.1, 0.15) is 6.04 Å². The van der Waals surface area contributed by atoms with Gasteiger partial charge in [0.15, 0.2) is 0 Å². The van der Waals surface area contributed by atoms with Crippen LogP contribution in [0, 0.1) is 6.92 Å². The van der Waals surface area contributed by atoms with Crippen LogP contribution in [0.15, 0.2) is 18.3 Å². The van der Waals surface area contributed by atoms with Gasteiger partial charge in [-0.05, 0) is 31.9 Å². The minimum Gasteiger partial charge on any atom is -0.331 e. The third-order valence-electron chi connectivity index (χ3n) is 3.88. The van der Waals surface area contributed by atoms with Crippen LogP contribution >= 0.6 is 0 Å². The van der Waals surface area contributed by atoms with E-state index in [0.29, 0.717) is 13.0 Å². The molecule has 19 heavy (non-hydrogen) atoms. The first-order valence-electron chi connectivity index (χ1n) is 6.70. The molecule has 3 rings (SSSR count). The van der Waals surface area contributed by atoms with Gasteiger partial charge in [-0.1, -0.05) is 0 Å². The first-order valence-corrected chi connectivity index (χ1v) is 6.70. The SMILES string of the molecule is Cc1ccc(N2CCC(=O)N3CCCC3C2=O)cn1. The summed E-state index contributed by atoms with van der Waals surface area (Å²) in [7, 11) is 0. The lowest BCUT2D eigenvalue weighted by Gasteiger charge is -2.25. The molecule has 0 N–H and O–H groups in total. The van der Waals surface area contributed by atoms with Crippen LogP contribution in [0.25, 0.3) is 0 Å². The van der Waals surface area contributed by atoms with E-state index in [1.54, 1.807) is 16.0 Å². The van der Waals surface area contributed by atoms with Crippen molar-refractivity contribution in [3.8, 4) is 0 Å². The molecule has 1 aromatic rings. The van der Waals surface area contributed by atoms with Crippen LogP contribution in [0.5, 0.6) is 0 Å². The van der Waals surface area contributed by atoms with Gasteiger partial charge in [-0.25, -0.2) is 0 Å². The maximum atomic E-state index is 12.6. The minimum absolute atomic E-state index is 0.0361. The average molecular weight is 259 g/mol. The summed E-state index contributed by atoms with van der Waals surface area (Å²) in [6.07, 6.45) is 3.81. The number of carbonyl (C=O) groups is 2. The number of pyridine rings is 1. The maximum Gasteiger partial charge on any atom is 0.249 e. The zero-order chi connectivity index (χ0) is 13.4. The highest BCUT2D eigenvalue weighted by molar-refractivity contribution is 6.01. The molecule has 3 heterocycles. The Balaban J connectivity index is 1.91. The van der Waals surface area contributed by atoms with Gasteiger partial charge in [-0.3, -0.25) is 14.6 Å². The molecule has 100 valence electrons. The van der Waals surface area contributed by atoms with E-state index >= 15 is 0 Å². The highest BCUT2D eigenvalue weighted by Gasteiger charge is 2.39. The maximum absolute atomic E-state index is 12.6. The Hall–Kier alpha value is -1.91. The van der Waals surface area contributed by atoms with Crippen molar-refractivity contribution in [3.05, 3.63) is 24.0 Å². The van der Waals surface area contributed by atoms with Crippen molar-refractivity contribution >= 4 is 17.5 Å². The third kappa shape index (κ3) is 2.09. The molecule has 0 spiro atoms. The fourth-order valence-corrected chi connectivity index (χ4v) is 2.84. The molecule has 1 atom stereocenters. The van der Waals surface area contributed by atoms with E-state index in [1.165, 1.54) is 0 Å². The summed E-state index contributed by atoms with van der Waals surface area (Å²) >= 11 is 0. The second-order valence-electron chi connectivity index (χ2n) is 5.14. The predicted molar refractivity (Wildman–Crippen MR) is 70.7 cm³/mol. The lowest BCUT2D eigenvalue weighted by Crippen LogP contribution is -2.43. The van der Waals surface area contributed by atoms with Gasteiger partial charge < -0.3 is 9.80 Å². The smallest absolute Gasteiger partial charge is 0.249 e. The Morgan fingerprint density at radius 1 is 1.26 bits per heavy atom. The number of hydrogen-bond donors (Lipinski definition) is 0. The Kier molecular flexibility index (Phi) is 2.97. The van der Waals surface area contributed by atoms with Crippen LogP contribution < -0.4 is 4.90 Å². The van der Waals surface area contributed by atoms with Crippen LogP contribution in [0.1, 0.15) is 25.0 Å².